The first-order chi connectivity index (χ1) is 8.06. The Hall–Kier alpha value is -0.890. The molecule has 1 aliphatic heterocycles. The normalized spacial score (nSPS) is 18.9. The minimum absolute atomic E-state index is 0.0914. The van der Waals surface area contributed by atoms with Gasteiger partial charge in [-0.05, 0) is 75.9 Å². The molecule has 94 valence electrons. The van der Waals surface area contributed by atoms with E-state index < -0.39 is 0 Å². The largest absolute Gasteiger partial charge is 0.301 e. The van der Waals surface area contributed by atoms with E-state index in [1.165, 1.54) is 5.56 Å². The lowest BCUT2D eigenvalue weighted by molar-refractivity contribution is 0.172. The smallest absolute Gasteiger partial charge is 0.123 e. The van der Waals surface area contributed by atoms with Crippen LogP contribution in [0.2, 0.25) is 0 Å². The van der Waals surface area contributed by atoms with Crippen LogP contribution in [0.25, 0.3) is 0 Å². The molecule has 2 rings (SSSR count). The molecule has 0 aromatic heterocycles. The zero-order valence-electron chi connectivity index (χ0n) is 11.0. The Morgan fingerprint density at radius 3 is 2.35 bits per heavy atom. The van der Waals surface area contributed by atoms with E-state index in [0.717, 1.165) is 31.5 Å². The van der Waals surface area contributed by atoms with Gasteiger partial charge in [-0.2, -0.15) is 0 Å². The van der Waals surface area contributed by atoms with Gasteiger partial charge in [-0.1, -0.05) is 6.07 Å². The van der Waals surface area contributed by atoms with Crippen LogP contribution in [0.4, 0.5) is 4.39 Å². The number of benzene rings is 1. The van der Waals surface area contributed by atoms with Crippen molar-refractivity contribution in [3.63, 3.8) is 0 Å². The Morgan fingerprint density at radius 2 is 1.82 bits per heavy atom. The number of rotatable bonds is 2. The fraction of sp³-hybridized carbons (Fsp3) is 0.600. The second-order valence-corrected chi connectivity index (χ2v) is 5.47. The summed E-state index contributed by atoms with van der Waals surface area (Å²) in [5, 5.41) is 0. The van der Waals surface area contributed by atoms with Crippen LogP contribution in [0.1, 0.15) is 43.7 Å². The van der Waals surface area contributed by atoms with Crippen molar-refractivity contribution < 1.29 is 4.39 Å². The molecule has 17 heavy (non-hydrogen) atoms. The van der Waals surface area contributed by atoms with E-state index in [9.17, 15) is 4.39 Å². The first kappa shape index (κ1) is 12.6. The molecule has 0 bridgehead atoms. The van der Waals surface area contributed by atoms with Gasteiger partial charge >= 0.3 is 0 Å². The minimum Gasteiger partial charge on any atom is -0.301 e. The van der Waals surface area contributed by atoms with Gasteiger partial charge in [0.25, 0.3) is 0 Å². The van der Waals surface area contributed by atoms with Crippen molar-refractivity contribution in [2.45, 2.75) is 45.6 Å². The molecule has 1 aromatic rings. The molecule has 0 saturated carbocycles. The summed E-state index contributed by atoms with van der Waals surface area (Å²) in [4.78, 5) is 2.50. The summed E-state index contributed by atoms with van der Waals surface area (Å²) in [7, 11) is 0. The van der Waals surface area contributed by atoms with Crippen molar-refractivity contribution in [3.05, 3.63) is 35.1 Å². The van der Waals surface area contributed by atoms with Gasteiger partial charge < -0.3 is 4.90 Å². The second-order valence-electron chi connectivity index (χ2n) is 5.47. The standard InChI is InChI=1S/C15H22FN/c1-11(2)17-6-4-13(5-7-17)14-8-12(3)9-15(16)10-14/h8-11,13H,4-7H2,1-3H3. The van der Waals surface area contributed by atoms with Crippen LogP contribution in [-0.2, 0) is 0 Å². The highest BCUT2D eigenvalue weighted by Crippen LogP contribution is 2.29. The van der Waals surface area contributed by atoms with Crippen molar-refractivity contribution in [1.82, 2.24) is 4.90 Å². The molecule has 1 fully saturated rings. The zero-order chi connectivity index (χ0) is 12.4. The highest BCUT2D eigenvalue weighted by atomic mass is 19.1. The van der Waals surface area contributed by atoms with Gasteiger partial charge in [-0.25, -0.2) is 4.39 Å². The third-order valence-corrected chi connectivity index (χ3v) is 3.80. The number of hydrogen-bond acceptors (Lipinski definition) is 1. The Labute approximate surface area is 104 Å². The first-order valence-corrected chi connectivity index (χ1v) is 6.57. The van der Waals surface area contributed by atoms with Gasteiger partial charge in [0.1, 0.15) is 5.82 Å². The predicted molar refractivity (Wildman–Crippen MR) is 69.8 cm³/mol. The third kappa shape index (κ3) is 3.06. The lowest BCUT2D eigenvalue weighted by Crippen LogP contribution is -2.37. The van der Waals surface area contributed by atoms with E-state index in [0.29, 0.717) is 12.0 Å². The number of aryl methyl sites for hydroxylation is 1. The lowest BCUT2D eigenvalue weighted by atomic mass is 9.88. The molecular formula is C15H22FN. The zero-order valence-corrected chi connectivity index (χ0v) is 11.0. The molecule has 0 atom stereocenters. The van der Waals surface area contributed by atoms with Gasteiger partial charge in [0, 0.05) is 6.04 Å². The molecule has 2 heteroatoms. The number of likely N-dealkylation sites (tertiary alicyclic amines) is 1. The van der Waals surface area contributed by atoms with Crippen molar-refractivity contribution in [3.8, 4) is 0 Å². The molecule has 1 heterocycles. The van der Waals surface area contributed by atoms with Gasteiger partial charge in [-0.3, -0.25) is 0 Å². The molecule has 1 aliphatic rings. The fourth-order valence-corrected chi connectivity index (χ4v) is 2.75. The quantitative estimate of drug-likeness (QED) is 0.755. The summed E-state index contributed by atoms with van der Waals surface area (Å²) >= 11 is 0. The van der Waals surface area contributed by atoms with Crippen LogP contribution in [-0.4, -0.2) is 24.0 Å². The maximum atomic E-state index is 13.4. The van der Waals surface area contributed by atoms with Crippen LogP contribution in [0.5, 0.6) is 0 Å². The maximum absolute atomic E-state index is 13.4. The molecule has 0 radical (unpaired) electrons. The van der Waals surface area contributed by atoms with Crippen molar-refractivity contribution in [2.75, 3.05) is 13.1 Å². The summed E-state index contributed by atoms with van der Waals surface area (Å²) < 4.78 is 13.4. The summed E-state index contributed by atoms with van der Waals surface area (Å²) in [6.45, 7) is 8.73. The average Bonchev–Trinajstić information content (AvgIpc) is 2.28. The van der Waals surface area contributed by atoms with Crippen molar-refractivity contribution in [1.29, 1.82) is 0 Å². The summed E-state index contributed by atoms with van der Waals surface area (Å²) in [6, 6.07) is 6.08. The molecule has 0 aliphatic carbocycles. The van der Waals surface area contributed by atoms with E-state index in [1.54, 1.807) is 12.1 Å². The molecule has 0 spiro atoms. The van der Waals surface area contributed by atoms with Crippen LogP contribution in [0.3, 0.4) is 0 Å². The van der Waals surface area contributed by atoms with Crippen LogP contribution < -0.4 is 0 Å². The molecule has 1 nitrogen and oxygen atoms in total. The van der Waals surface area contributed by atoms with E-state index in [1.807, 2.05) is 6.92 Å². The molecule has 0 unspecified atom stereocenters. The molecule has 0 amide bonds. The molecule has 1 saturated heterocycles. The monoisotopic (exact) mass is 235 g/mol. The molecule has 0 N–H and O–H groups in total. The average molecular weight is 235 g/mol. The van der Waals surface area contributed by atoms with Gasteiger partial charge in [0.2, 0.25) is 0 Å². The van der Waals surface area contributed by atoms with E-state index >= 15 is 0 Å². The van der Waals surface area contributed by atoms with Crippen LogP contribution >= 0.6 is 0 Å². The predicted octanol–water partition coefficient (Wildman–Crippen LogP) is 3.72. The van der Waals surface area contributed by atoms with Crippen molar-refractivity contribution >= 4 is 0 Å². The lowest BCUT2D eigenvalue weighted by Gasteiger charge is -2.34. The number of hydrogen-bond donors (Lipinski definition) is 0. The fourth-order valence-electron chi connectivity index (χ4n) is 2.75. The Balaban J connectivity index is 2.05. The van der Waals surface area contributed by atoms with E-state index in [4.69, 9.17) is 0 Å². The summed E-state index contributed by atoms with van der Waals surface area (Å²) in [5.41, 5.74) is 2.22. The highest BCUT2D eigenvalue weighted by Gasteiger charge is 2.22. The summed E-state index contributed by atoms with van der Waals surface area (Å²) in [5.74, 6) is 0.450. The Morgan fingerprint density at radius 1 is 1.18 bits per heavy atom. The maximum Gasteiger partial charge on any atom is 0.123 e. The number of piperidine rings is 1. The molecule has 1 aromatic carbocycles. The highest BCUT2D eigenvalue weighted by molar-refractivity contribution is 5.27. The minimum atomic E-state index is -0.0914. The van der Waals surface area contributed by atoms with Gasteiger partial charge in [-0.15, -0.1) is 0 Å². The Bertz CT molecular complexity index is 358. The number of halogens is 1. The molecular weight excluding hydrogens is 213 g/mol. The summed E-state index contributed by atoms with van der Waals surface area (Å²) in [6.07, 6.45) is 2.31. The van der Waals surface area contributed by atoms with Crippen LogP contribution in [0.15, 0.2) is 18.2 Å². The van der Waals surface area contributed by atoms with Gasteiger partial charge in [0.15, 0.2) is 0 Å². The topological polar surface area (TPSA) is 3.24 Å². The number of nitrogens with zero attached hydrogens (tertiary/aromatic N) is 1. The van der Waals surface area contributed by atoms with E-state index in [-0.39, 0.29) is 5.82 Å². The van der Waals surface area contributed by atoms with Crippen molar-refractivity contribution in [2.24, 2.45) is 0 Å². The van der Waals surface area contributed by atoms with Crippen LogP contribution in [0, 0.1) is 12.7 Å². The third-order valence-electron chi connectivity index (χ3n) is 3.80. The SMILES string of the molecule is Cc1cc(F)cc(C2CCN(C(C)C)CC2)c1. The first-order valence-electron chi connectivity index (χ1n) is 6.57. The Kier molecular flexibility index (Phi) is 3.82. The second kappa shape index (κ2) is 5.18. The van der Waals surface area contributed by atoms with E-state index in [2.05, 4.69) is 24.8 Å². The van der Waals surface area contributed by atoms with Gasteiger partial charge in [0.05, 0.1) is 0 Å².